The summed E-state index contributed by atoms with van der Waals surface area (Å²) < 4.78 is 5.79. The topological polar surface area (TPSA) is 74.6 Å². The molecule has 2 heterocycles. The van der Waals surface area contributed by atoms with Crippen molar-refractivity contribution in [2.24, 2.45) is 0 Å². The van der Waals surface area contributed by atoms with E-state index in [1.807, 2.05) is 55.5 Å². The zero-order chi connectivity index (χ0) is 18.8. The van der Waals surface area contributed by atoms with Gasteiger partial charge in [-0.1, -0.05) is 24.3 Å². The molecule has 0 bridgehead atoms. The van der Waals surface area contributed by atoms with Crippen LogP contribution in [0.5, 0.6) is 0 Å². The van der Waals surface area contributed by atoms with Crippen LogP contribution in [0.4, 0.5) is 16.2 Å². The Hall–Kier alpha value is -3.28. The molecule has 0 saturated carbocycles. The monoisotopic (exact) mass is 363 g/mol. The molecule has 1 saturated heterocycles. The molecule has 6 nitrogen and oxygen atoms in total. The highest BCUT2D eigenvalue weighted by Gasteiger charge is 2.22. The normalized spacial score (nSPS) is 15.1. The highest BCUT2D eigenvalue weighted by molar-refractivity contribution is 5.96. The van der Waals surface area contributed by atoms with Crippen LogP contribution in [0, 0.1) is 0 Å². The fourth-order valence-corrected chi connectivity index (χ4v) is 3.32. The van der Waals surface area contributed by atoms with Gasteiger partial charge >= 0.3 is 6.03 Å². The van der Waals surface area contributed by atoms with Crippen LogP contribution in [0.15, 0.2) is 59.0 Å². The van der Waals surface area contributed by atoms with E-state index in [0.717, 1.165) is 29.6 Å². The number of fused-ring (bicyclic) bond motifs is 1. The van der Waals surface area contributed by atoms with E-state index in [1.165, 1.54) is 0 Å². The molecule has 1 aromatic heterocycles. The number of rotatable bonds is 4. The van der Waals surface area contributed by atoms with Crippen LogP contribution in [0.25, 0.3) is 11.0 Å². The Morgan fingerprint density at radius 1 is 1.15 bits per heavy atom. The SMILES string of the molecule is CC(NC(=O)Nc1cccc(N2CCCC2=O)c1)c1cc2ccccc2o1. The first-order valence-corrected chi connectivity index (χ1v) is 9.06. The summed E-state index contributed by atoms with van der Waals surface area (Å²) in [7, 11) is 0. The van der Waals surface area contributed by atoms with E-state index in [0.29, 0.717) is 17.9 Å². The maximum absolute atomic E-state index is 12.4. The summed E-state index contributed by atoms with van der Waals surface area (Å²) in [5, 5.41) is 6.71. The van der Waals surface area contributed by atoms with E-state index in [2.05, 4.69) is 10.6 Å². The van der Waals surface area contributed by atoms with Gasteiger partial charge in [0.2, 0.25) is 5.91 Å². The highest BCUT2D eigenvalue weighted by atomic mass is 16.3. The van der Waals surface area contributed by atoms with Gasteiger partial charge in [-0.3, -0.25) is 4.79 Å². The number of nitrogens with zero attached hydrogens (tertiary/aromatic N) is 1. The van der Waals surface area contributed by atoms with Crippen LogP contribution in [0.2, 0.25) is 0 Å². The molecule has 1 fully saturated rings. The van der Waals surface area contributed by atoms with Crippen molar-refractivity contribution in [3.63, 3.8) is 0 Å². The molecule has 0 spiro atoms. The lowest BCUT2D eigenvalue weighted by atomic mass is 10.2. The van der Waals surface area contributed by atoms with Crippen molar-refractivity contribution in [3.8, 4) is 0 Å². The second-order valence-electron chi connectivity index (χ2n) is 6.71. The first-order valence-electron chi connectivity index (χ1n) is 9.06. The van der Waals surface area contributed by atoms with E-state index in [1.54, 1.807) is 11.0 Å². The molecule has 4 rings (SSSR count). The van der Waals surface area contributed by atoms with Gasteiger partial charge in [-0.15, -0.1) is 0 Å². The molecule has 3 aromatic rings. The maximum Gasteiger partial charge on any atom is 0.319 e. The fraction of sp³-hybridized carbons (Fsp3) is 0.238. The van der Waals surface area contributed by atoms with E-state index < -0.39 is 0 Å². The summed E-state index contributed by atoms with van der Waals surface area (Å²) in [6, 6.07) is 16.4. The molecule has 2 aromatic carbocycles. The van der Waals surface area contributed by atoms with E-state index in [4.69, 9.17) is 4.42 Å². The predicted octanol–water partition coefficient (Wildman–Crippen LogP) is 4.44. The van der Waals surface area contributed by atoms with Crippen molar-refractivity contribution in [2.75, 3.05) is 16.8 Å². The number of hydrogen-bond acceptors (Lipinski definition) is 3. The van der Waals surface area contributed by atoms with Gasteiger partial charge in [0, 0.05) is 29.7 Å². The summed E-state index contributed by atoms with van der Waals surface area (Å²) >= 11 is 0. The molecule has 1 aliphatic heterocycles. The van der Waals surface area contributed by atoms with Crippen molar-refractivity contribution in [2.45, 2.75) is 25.8 Å². The van der Waals surface area contributed by atoms with Gasteiger partial charge in [0.25, 0.3) is 0 Å². The Labute approximate surface area is 157 Å². The fourth-order valence-electron chi connectivity index (χ4n) is 3.32. The number of anilines is 2. The van der Waals surface area contributed by atoms with Gasteiger partial charge in [-0.25, -0.2) is 4.79 Å². The number of hydrogen-bond donors (Lipinski definition) is 2. The largest absolute Gasteiger partial charge is 0.459 e. The number of furan rings is 1. The minimum absolute atomic E-state index is 0.120. The van der Waals surface area contributed by atoms with E-state index in [-0.39, 0.29) is 18.0 Å². The van der Waals surface area contributed by atoms with Gasteiger partial charge in [0.05, 0.1) is 6.04 Å². The number of carbonyl (C=O) groups is 2. The molecule has 138 valence electrons. The molecule has 27 heavy (non-hydrogen) atoms. The third-order valence-corrected chi connectivity index (χ3v) is 4.71. The van der Waals surface area contributed by atoms with Crippen molar-refractivity contribution >= 4 is 34.3 Å². The minimum Gasteiger partial charge on any atom is -0.459 e. The van der Waals surface area contributed by atoms with Crippen molar-refractivity contribution in [1.29, 1.82) is 0 Å². The van der Waals surface area contributed by atoms with Crippen LogP contribution in [-0.2, 0) is 4.79 Å². The zero-order valence-corrected chi connectivity index (χ0v) is 15.1. The van der Waals surface area contributed by atoms with Crippen LogP contribution in [0.1, 0.15) is 31.6 Å². The zero-order valence-electron chi connectivity index (χ0n) is 15.1. The average molecular weight is 363 g/mol. The Morgan fingerprint density at radius 3 is 2.78 bits per heavy atom. The average Bonchev–Trinajstić information content (AvgIpc) is 3.27. The van der Waals surface area contributed by atoms with Crippen LogP contribution in [0.3, 0.4) is 0 Å². The second kappa shape index (κ2) is 7.15. The van der Waals surface area contributed by atoms with Gasteiger partial charge in [-0.05, 0) is 43.7 Å². The molecule has 1 aliphatic rings. The Morgan fingerprint density at radius 2 is 2.00 bits per heavy atom. The summed E-state index contributed by atoms with van der Waals surface area (Å²) in [5.74, 6) is 0.817. The van der Waals surface area contributed by atoms with Crippen LogP contribution in [-0.4, -0.2) is 18.5 Å². The molecular weight excluding hydrogens is 342 g/mol. The number of para-hydroxylation sites is 1. The molecule has 1 atom stereocenters. The van der Waals surface area contributed by atoms with Gasteiger partial charge in [0.1, 0.15) is 11.3 Å². The van der Waals surface area contributed by atoms with Crippen molar-refractivity contribution < 1.29 is 14.0 Å². The number of nitrogens with one attached hydrogen (secondary N) is 2. The number of carbonyl (C=O) groups excluding carboxylic acids is 2. The smallest absolute Gasteiger partial charge is 0.319 e. The van der Waals surface area contributed by atoms with Crippen LogP contribution < -0.4 is 15.5 Å². The molecule has 3 amide bonds. The minimum atomic E-state index is -0.326. The van der Waals surface area contributed by atoms with Gasteiger partial charge in [-0.2, -0.15) is 0 Å². The van der Waals surface area contributed by atoms with E-state index in [9.17, 15) is 9.59 Å². The molecular formula is C21H21N3O3. The van der Waals surface area contributed by atoms with Crippen molar-refractivity contribution in [3.05, 3.63) is 60.4 Å². The summed E-state index contributed by atoms with van der Waals surface area (Å²) in [4.78, 5) is 26.0. The Bertz CT molecular complexity index is 962. The molecule has 2 N–H and O–H groups in total. The maximum atomic E-state index is 12.4. The standard InChI is InChI=1S/C21H21N3O3/c1-14(19-12-15-6-2-3-9-18(15)27-19)22-21(26)23-16-7-4-8-17(13-16)24-11-5-10-20(24)25/h2-4,6-9,12-14H,5,10-11H2,1H3,(H2,22,23,26). The van der Waals surface area contributed by atoms with Gasteiger partial charge in [0.15, 0.2) is 0 Å². The third-order valence-electron chi connectivity index (χ3n) is 4.71. The summed E-state index contributed by atoms with van der Waals surface area (Å²) in [6.07, 6.45) is 1.44. The summed E-state index contributed by atoms with van der Waals surface area (Å²) in [5.41, 5.74) is 2.24. The number of urea groups is 1. The molecule has 1 unspecified atom stereocenters. The third kappa shape index (κ3) is 3.65. The quantitative estimate of drug-likeness (QED) is 0.719. The lowest BCUT2D eigenvalue weighted by Crippen LogP contribution is -2.31. The second-order valence-corrected chi connectivity index (χ2v) is 6.71. The number of amides is 3. The molecule has 6 heteroatoms. The summed E-state index contributed by atoms with van der Waals surface area (Å²) in [6.45, 7) is 2.59. The first-order chi connectivity index (χ1) is 13.1. The first kappa shape index (κ1) is 17.1. The molecule has 0 radical (unpaired) electrons. The predicted molar refractivity (Wildman–Crippen MR) is 105 cm³/mol. The lowest BCUT2D eigenvalue weighted by Gasteiger charge is -2.17. The molecule has 0 aliphatic carbocycles. The van der Waals surface area contributed by atoms with Gasteiger partial charge < -0.3 is 20.0 Å². The van der Waals surface area contributed by atoms with Crippen molar-refractivity contribution in [1.82, 2.24) is 5.32 Å². The Balaban J connectivity index is 1.42. The van der Waals surface area contributed by atoms with Crippen LogP contribution >= 0.6 is 0 Å². The Kier molecular flexibility index (Phi) is 4.54. The number of benzene rings is 2. The highest BCUT2D eigenvalue weighted by Crippen LogP contribution is 2.25. The van der Waals surface area contributed by atoms with E-state index >= 15 is 0 Å². The lowest BCUT2D eigenvalue weighted by molar-refractivity contribution is -0.117.